The quantitative estimate of drug-likeness (QED) is 0.746. The molecular formula is C11H12N2O. The van der Waals surface area contributed by atoms with E-state index in [2.05, 4.69) is 9.97 Å². The molecular weight excluding hydrogens is 176 g/mol. The van der Waals surface area contributed by atoms with Gasteiger partial charge in [-0.15, -0.1) is 0 Å². The SMILES string of the molecule is CCc1cc2cnc(C)nc2cc1O. The number of hydrogen-bond acceptors (Lipinski definition) is 3. The van der Waals surface area contributed by atoms with Crippen molar-refractivity contribution in [3.63, 3.8) is 0 Å². The molecule has 72 valence electrons. The number of aromatic nitrogens is 2. The summed E-state index contributed by atoms with van der Waals surface area (Å²) in [6.45, 7) is 3.85. The zero-order chi connectivity index (χ0) is 10.1. The summed E-state index contributed by atoms with van der Waals surface area (Å²) < 4.78 is 0. The number of aryl methyl sites for hydroxylation is 2. The van der Waals surface area contributed by atoms with Crippen molar-refractivity contribution in [1.29, 1.82) is 0 Å². The Kier molecular flexibility index (Phi) is 2.08. The molecule has 3 nitrogen and oxygen atoms in total. The first-order valence-corrected chi connectivity index (χ1v) is 4.66. The van der Waals surface area contributed by atoms with E-state index >= 15 is 0 Å². The average molecular weight is 188 g/mol. The molecule has 0 fully saturated rings. The van der Waals surface area contributed by atoms with Crippen LogP contribution >= 0.6 is 0 Å². The van der Waals surface area contributed by atoms with E-state index in [0.29, 0.717) is 5.75 Å². The minimum Gasteiger partial charge on any atom is -0.508 e. The summed E-state index contributed by atoms with van der Waals surface area (Å²) in [5.74, 6) is 1.04. The molecule has 2 rings (SSSR count). The Labute approximate surface area is 82.4 Å². The molecule has 0 aliphatic rings. The number of hydrogen-bond donors (Lipinski definition) is 1. The molecule has 1 N–H and O–H groups in total. The molecule has 0 saturated carbocycles. The van der Waals surface area contributed by atoms with E-state index in [1.165, 1.54) is 0 Å². The van der Waals surface area contributed by atoms with E-state index in [9.17, 15) is 5.11 Å². The predicted molar refractivity (Wildman–Crippen MR) is 55.3 cm³/mol. The third-order valence-electron chi connectivity index (χ3n) is 2.28. The lowest BCUT2D eigenvalue weighted by Gasteiger charge is -2.04. The zero-order valence-electron chi connectivity index (χ0n) is 8.28. The Balaban J connectivity index is 2.73. The van der Waals surface area contributed by atoms with Crippen LogP contribution in [0.1, 0.15) is 18.3 Å². The van der Waals surface area contributed by atoms with Crippen LogP contribution in [-0.4, -0.2) is 15.1 Å². The largest absolute Gasteiger partial charge is 0.508 e. The van der Waals surface area contributed by atoms with Crippen LogP contribution in [0.4, 0.5) is 0 Å². The highest BCUT2D eigenvalue weighted by Crippen LogP contribution is 2.23. The first-order valence-electron chi connectivity index (χ1n) is 4.66. The second-order valence-corrected chi connectivity index (χ2v) is 3.31. The normalized spacial score (nSPS) is 10.7. The summed E-state index contributed by atoms with van der Waals surface area (Å²) in [7, 11) is 0. The van der Waals surface area contributed by atoms with E-state index in [4.69, 9.17) is 0 Å². The Morgan fingerprint density at radius 2 is 2.14 bits per heavy atom. The van der Waals surface area contributed by atoms with E-state index in [1.807, 2.05) is 19.9 Å². The number of fused-ring (bicyclic) bond motifs is 1. The Morgan fingerprint density at radius 1 is 1.36 bits per heavy atom. The van der Waals surface area contributed by atoms with Gasteiger partial charge in [-0.1, -0.05) is 6.92 Å². The number of rotatable bonds is 1. The summed E-state index contributed by atoms with van der Waals surface area (Å²) in [4.78, 5) is 8.36. The Hall–Kier alpha value is -1.64. The van der Waals surface area contributed by atoms with Crippen molar-refractivity contribution in [2.24, 2.45) is 0 Å². The highest BCUT2D eigenvalue weighted by atomic mass is 16.3. The lowest BCUT2D eigenvalue weighted by molar-refractivity contribution is 0.469. The molecule has 3 heteroatoms. The molecule has 1 aromatic heterocycles. The molecule has 0 radical (unpaired) electrons. The summed E-state index contributed by atoms with van der Waals surface area (Å²) in [6.07, 6.45) is 2.60. The molecule has 0 unspecified atom stereocenters. The van der Waals surface area contributed by atoms with Crippen LogP contribution in [0.15, 0.2) is 18.3 Å². The van der Waals surface area contributed by atoms with Crippen molar-refractivity contribution in [1.82, 2.24) is 9.97 Å². The van der Waals surface area contributed by atoms with E-state index in [-0.39, 0.29) is 0 Å². The molecule has 0 atom stereocenters. The molecule has 0 spiro atoms. The number of benzene rings is 1. The zero-order valence-corrected chi connectivity index (χ0v) is 8.28. The van der Waals surface area contributed by atoms with Crippen molar-refractivity contribution >= 4 is 10.9 Å². The molecule has 0 saturated heterocycles. The number of nitrogens with zero attached hydrogens (tertiary/aromatic N) is 2. The van der Waals surface area contributed by atoms with Gasteiger partial charge in [-0.05, 0) is 25.0 Å². The van der Waals surface area contributed by atoms with Gasteiger partial charge in [-0.3, -0.25) is 0 Å². The Bertz CT molecular complexity index is 480. The van der Waals surface area contributed by atoms with Crippen LogP contribution in [0.5, 0.6) is 5.75 Å². The summed E-state index contributed by atoms with van der Waals surface area (Å²) in [5.41, 5.74) is 1.73. The van der Waals surface area contributed by atoms with E-state index < -0.39 is 0 Å². The van der Waals surface area contributed by atoms with Crippen LogP contribution in [0.3, 0.4) is 0 Å². The van der Waals surface area contributed by atoms with Crippen LogP contribution < -0.4 is 0 Å². The maximum Gasteiger partial charge on any atom is 0.125 e. The van der Waals surface area contributed by atoms with Gasteiger partial charge < -0.3 is 5.11 Å². The van der Waals surface area contributed by atoms with Crippen LogP contribution in [0.25, 0.3) is 10.9 Å². The second-order valence-electron chi connectivity index (χ2n) is 3.31. The van der Waals surface area contributed by atoms with Crippen molar-refractivity contribution in [2.45, 2.75) is 20.3 Å². The topological polar surface area (TPSA) is 46.0 Å². The van der Waals surface area contributed by atoms with E-state index in [0.717, 1.165) is 28.7 Å². The van der Waals surface area contributed by atoms with Gasteiger partial charge in [-0.2, -0.15) is 0 Å². The molecule has 1 aromatic carbocycles. The predicted octanol–water partition coefficient (Wildman–Crippen LogP) is 2.21. The van der Waals surface area contributed by atoms with Gasteiger partial charge in [0.25, 0.3) is 0 Å². The number of phenols is 1. The van der Waals surface area contributed by atoms with Gasteiger partial charge in [0.05, 0.1) is 5.52 Å². The van der Waals surface area contributed by atoms with Gasteiger partial charge in [0, 0.05) is 17.6 Å². The fourth-order valence-corrected chi connectivity index (χ4v) is 1.49. The van der Waals surface area contributed by atoms with Crippen molar-refractivity contribution in [3.05, 3.63) is 29.7 Å². The summed E-state index contributed by atoms with van der Waals surface area (Å²) in [5, 5.41) is 10.6. The van der Waals surface area contributed by atoms with E-state index in [1.54, 1.807) is 12.3 Å². The summed E-state index contributed by atoms with van der Waals surface area (Å²) in [6, 6.07) is 3.63. The van der Waals surface area contributed by atoms with Gasteiger partial charge in [0.1, 0.15) is 11.6 Å². The third kappa shape index (κ3) is 1.41. The van der Waals surface area contributed by atoms with Crippen LogP contribution in [0.2, 0.25) is 0 Å². The molecule has 0 aliphatic carbocycles. The second kappa shape index (κ2) is 3.25. The molecule has 0 bridgehead atoms. The Morgan fingerprint density at radius 3 is 2.86 bits per heavy atom. The lowest BCUT2D eigenvalue weighted by atomic mass is 10.1. The maximum atomic E-state index is 9.64. The van der Waals surface area contributed by atoms with Gasteiger partial charge in [-0.25, -0.2) is 9.97 Å². The summed E-state index contributed by atoms with van der Waals surface area (Å²) >= 11 is 0. The standard InChI is InChI=1S/C11H12N2O/c1-3-8-4-9-6-12-7(2)13-10(9)5-11(8)14/h4-6,14H,3H2,1-2H3. The van der Waals surface area contributed by atoms with Crippen molar-refractivity contribution < 1.29 is 5.11 Å². The smallest absolute Gasteiger partial charge is 0.125 e. The van der Waals surface area contributed by atoms with Crippen LogP contribution in [-0.2, 0) is 6.42 Å². The van der Waals surface area contributed by atoms with Crippen molar-refractivity contribution in [3.8, 4) is 5.75 Å². The average Bonchev–Trinajstić information content (AvgIpc) is 2.16. The minimum atomic E-state index is 0.318. The molecule has 0 aliphatic heterocycles. The fourth-order valence-electron chi connectivity index (χ4n) is 1.49. The minimum absolute atomic E-state index is 0.318. The van der Waals surface area contributed by atoms with Gasteiger partial charge >= 0.3 is 0 Å². The molecule has 2 aromatic rings. The van der Waals surface area contributed by atoms with Gasteiger partial charge in [0.15, 0.2) is 0 Å². The number of phenolic OH excluding ortho intramolecular Hbond substituents is 1. The van der Waals surface area contributed by atoms with Crippen LogP contribution in [0, 0.1) is 6.92 Å². The first kappa shape index (κ1) is 8.94. The van der Waals surface area contributed by atoms with Gasteiger partial charge in [0.2, 0.25) is 0 Å². The highest BCUT2D eigenvalue weighted by molar-refractivity contribution is 5.80. The lowest BCUT2D eigenvalue weighted by Crippen LogP contribution is -1.90. The van der Waals surface area contributed by atoms with Crippen molar-refractivity contribution in [2.75, 3.05) is 0 Å². The fraction of sp³-hybridized carbons (Fsp3) is 0.273. The molecule has 0 amide bonds. The first-order chi connectivity index (χ1) is 6.70. The number of aromatic hydroxyl groups is 1. The third-order valence-corrected chi connectivity index (χ3v) is 2.28. The molecule has 14 heavy (non-hydrogen) atoms. The monoisotopic (exact) mass is 188 g/mol. The highest BCUT2D eigenvalue weighted by Gasteiger charge is 2.03. The molecule has 1 heterocycles. The maximum absolute atomic E-state index is 9.64.